The second kappa shape index (κ2) is 3.87. The Hall–Kier alpha value is -1.36. The van der Waals surface area contributed by atoms with Crippen LogP contribution in [0, 0.1) is 0 Å². The molecule has 1 rings (SSSR count). The minimum absolute atomic E-state index is 0.102. The fourth-order valence-corrected chi connectivity index (χ4v) is 0.670. The van der Waals surface area contributed by atoms with E-state index < -0.39 is 12.6 Å². The normalized spacial score (nSPS) is 9.42. The number of hydrogen-bond donors (Lipinski definition) is 1. The highest BCUT2D eigenvalue weighted by Crippen LogP contribution is 2.08. The topological polar surface area (TPSA) is 72.3 Å². The lowest BCUT2D eigenvalue weighted by Crippen LogP contribution is -2.10. The molecule has 0 saturated carbocycles. The van der Waals surface area contributed by atoms with Gasteiger partial charge in [0.05, 0.1) is 12.4 Å². The second-order valence-corrected chi connectivity index (χ2v) is 2.25. The van der Waals surface area contributed by atoms with E-state index in [1.807, 2.05) is 0 Å². The van der Waals surface area contributed by atoms with E-state index >= 15 is 0 Å². The van der Waals surface area contributed by atoms with Gasteiger partial charge in [0.1, 0.15) is 0 Å². The number of aliphatic carboxylic acids is 1. The summed E-state index contributed by atoms with van der Waals surface area (Å²) in [6, 6.07) is 0. The van der Waals surface area contributed by atoms with Crippen LogP contribution in [0.2, 0.25) is 5.15 Å². The third-order valence-electron chi connectivity index (χ3n) is 0.927. The number of carbonyl (C=O) groups is 1. The molecule has 0 atom stereocenters. The van der Waals surface area contributed by atoms with Crippen molar-refractivity contribution in [3.05, 3.63) is 17.5 Å². The summed E-state index contributed by atoms with van der Waals surface area (Å²) in [5.41, 5.74) is 0. The Bertz CT molecular complexity index is 292. The van der Waals surface area contributed by atoms with Crippen molar-refractivity contribution in [2.45, 2.75) is 0 Å². The van der Waals surface area contributed by atoms with E-state index in [0.717, 1.165) is 0 Å². The predicted octanol–water partition coefficient (Wildman–Crippen LogP) is 0.593. The van der Waals surface area contributed by atoms with Crippen molar-refractivity contribution in [2.24, 2.45) is 0 Å². The van der Waals surface area contributed by atoms with Crippen LogP contribution in [0.15, 0.2) is 12.4 Å². The lowest BCUT2D eigenvalue weighted by molar-refractivity contribution is -0.139. The van der Waals surface area contributed by atoms with Crippen LogP contribution in [0.3, 0.4) is 0 Å². The number of carboxylic acids is 1. The minimum atomic E-state index is -1.07. The van der Waals surface area contributed by atoms with Crippen molar-refractivity contribution in [2.75, 3.05) is 6.61 Å². The number of halogens is 1. The smallest absolute Gasteiger partial charge is 0.341 e. The molecule has 0 unspecified atom stereocenters. The summed E-state index contributed by atoms with van der Waals surface area (Å²) in [5, 5.41) is 8.40. The molecule has 5 nitrogen and oxygen atoms in total. The highest BCUT2D eigenvalue weighted by atomic mass is 35.5. The summed E-state index contributed by atoms with van der Waals surface area (Å²) in [5.74, 6) is -0.971. The van der Waals surface area contributed by atoms with Gasteiger partial charge in [-0.05, 0) is 0 Å². The van der Waals surface area contributed by atoms with Crippen LogP contribution in [0.4, 0.5) is 0 Å². The molecule has 1 N–H and O–H groups in total. The summed E-state index contributed by atoms with van der Waals surface area (Å²) in [7, 11) is 0. The molecule has 0 aliphatic carbocycles. The van der Waals surface area contributed by atoms with Crippen molar-refractivity contribution < 1.29 is 14.6 Å². The van der Waals surface area contributed by atoms with Crippen LogP contribution in [-0.4, -0.2) is 27.7 Å². The maximum atomic E-state index is 10.1. The first-order valence-electron chi connectivity index (χ1n) is 3.00. The van der Waals surface area contributed by atoms with Gasteiger partial charge in [-0.1, -0.05) is 11.6 Å². The maximum Gasteiger partial charge on any atom is 0.341 e. The standard InChI is InChI=1S/C6H5ClN2O3/c7-4-1-8-2-5(9-4)12-3-6(10)11/h1-2H,3H2,(H,10,11). The molecule has 0 radical (unpaired) electrons. The maximum absolute atomic E-state index is 10.1. The molecule has 0 amide bonds. The molecule has 64 valence electrons. The number of ether oxygens (including phenoxy) is 1. The lowest BCUT2D eigenvalue weighted by Gasteiger charge is -1.99. The summed E-state index contributed by atoms with van der Waals surface area (Å²) in [6.45, 7) is -0.449. The van der Waals surface area contributed by atoms with E-state index in [1.165, 1.54) is 12.4 Å². The van der Waals surface area contributed by atoms with Crippen molar-refractivity contribution in [1.82, 2.24) is 9.97 Å². The van der Waals surface area contributed by atoms with Crippen molar-refractivity contribution in [3.63, 3.8) is 0 Å². The number of carboxylic acid groups (broad SMARTS) is 1. The number of aromatic nitrogens is 2. The number of rotatable bonds is 3. The highest BCUT2D eigenvalue weighted by molar-refractivity contribution is 6.29. The summed E-state index contributed by atoms with van der Waals surface area (Å²) >= 11 is 5.46. The molecule has 1 heterocycles. The zero-order valence-corrected chi connectivity index (χ0v) is 6.65. The van der Waals surface area contributed by atoms with E-state index in [1.54, 1.807) is 0 Å². The first-order chi connectivity index (χ1) is 5.68. The van der Waals surface area contributed by atoms with Gasteiger partial charge in [0, 0.05) is 0 Å². The molecule has 0 bridgehead atoms. The van der Waals surface area contributed by atoms with Gasteiger partial charge in [0.25, 0.3) is 0 Å². The predicted molar refractivity (Wildman–Crippen MR) is 40.2 cm³/mol. The van der Waals surface area contributed by atoms with Crippen molar-refractivity contribution in [3.8, 4) is 5.88 Å². The van der Waals surface area contributed by atoms with Crippen LogP contribution in [0.25, 0.3) is 0 Å². The molecule has 1 aromatic heterocycles. The molecule has 1 aromatic rings. The van der Waals surface area contributed by atoms with Crippen molar-refractivity contribution >= 4 is 17.6 Å². The average Bonchev–Trinajstić information content (AvgIpc) is 2.01. The Morgan fingerprint density at radius 2 is 2.42 bits per heavy atom. The summed E-state index contributed by atoms with van der Waals surface area (Å²) < 4.78 is 4.69. The quantitative estimate of drug-likeness (QED) is 0.752. The largest absolute Gasteiger partial charge is 0.479 e. The van der Waals surface area contributed by atoms with Gasteiger partial charge in [0.2, 0.25) is 5.88 Å². The van der Waals surface area contributed by atoms with Gasteiger partial charge in [-0.25, -0.2) is 4.79 Å². The molecular formula is C6H5ClN2O3. The zero-order valence-electron chi connectivity index (χ0n) is 5.90. The van der Waals surface area contributed by atoms with Crippen molar-refractivity contribution in [1.29, 1.82) is 0 Å². The van der Waals surface area contributed by atoms with Crippen LogP contribution >= 0.6 is 11.6 Å². The van der Waals surface area contributed by atoms with Gasteiger partial charge in [0.15, 0.2) is 11.8 Å². The van der Waals surface area contributed by atoms with Crippen LogP contribution < -0.4 is 4.74 Å². The Balaban J connectivity index is 2.57. The Morgan fingerprint density at radius 1 is 1.67 bits per heavy atom. The third-order valence-corrected chi connectivity index (χ3v) is 1.11. The van der Waals surface area contributed by atoms with Crippen LogP contribution in [0.5, 0.6) is 5.88 Å². The van der Waals surface area contributed by atoms with Crippen LogP contribution in [0.1, 0.15) is 0 Å². The number of hydrogen-bond acceptors (Lipinski definition) is 4. The molecule has 6 heteroatoms. The Labute approximate surface area is 73.0 Å². The van der Waals surface area contributed by atoms with E-state index in [4.69, 9.17) is 21.4 Å². The zero-order chi connectivity index (χ0) is 8.97. The van der Waals surface area contributed by atoms with E-state index in [0.29, 0.717) is 0 Å². The molecule has 0 saturated heterocycles. The van der Waals surface area contributed by atoms with E-state index in [-0.39, 0.29) is 11.0 Å². The fourth-order valence-electron chi connectivity index (χ4n) is 0.531. The molecule has 0 aliphatic rings. The van der Waals surface area contributed by atoms with E-state index in [2.05, 4.69) is 9.97 Å². The molecule has 12 heavy (non-hydrogen) atoms. The van der Waals surface area contributed by atoms with Gasteiger partial charge in [-0.2, -0.15) is 4.98 Å². The fraction of sp³-hybridized carbons (Fsp3) is 0.167. The highest BCUT2D eigenvalue weighted by Gasteiger charge is 2.00. The molecular weight excluding hydrogens is 184 g/mol. The van der Waals surface area contributed by atoms with Gasteiger partial charge in [-0.15, -0.1) is 0 Å². The third kappa shape index (κ3) is 2.71. The van der Waals surface area contributed by atoms with Crippen LogP contribution in [-0.2, 0) is 4.79 Å². The van der Waals surface area contributed by atoms with Gasteiger partial charge in [-0.3, -0.25) is 4.98 Å². The monoisotopic (exact) mass is 188 g/mol. The molecule has 0 aromatic carbocycles. The Morgan fingerprint density at radius 3 is 3.00 bits per heavy atom. The second-order valence-electron chi connectivity index (χ2n) is 1.86. The van der Waals surface area contributed by atoms with E-state index in [9.17, 15) is 4.79 Å². The minimum Gasteiger partial charge on any atom is -0.479 e. The Kier molecular flexibility index (Phi) is 2.82. The average molecular weight is 189 g/mol. The lowest BCUT2D eigenvalue weighted by atomic mass is 10.7. The first-order valence-corrected chi connectivity index (χ1v) is 3.38. The summed E-state index contributed by atoms with van der Waals surface area (Å²) in [4.78, 5) is 17.4. The first kappa shape index (κ1) is 8.73. The molecule has 0 fully saturated rings. The number of nitrogens with zero attached hydrogens (tertiary/aromatic N) is 2. The van der Waals surface area contributed by atoms with Gasteiger partial charge >= 0.3 is 5.97 Å². The summed E-state index contributed by atoms with van der Waals surface area (Å²) in [6.07, 6.45) is 2.62. The SMILES string of the molecule is O=C(O)COc1cncc(Cl)n1. The molecule has 0 spiro atoms. The molecule has 0 aliphatic heterocycles. The van der Waals surface area contributed by atoms with Gasteiger partial charge < -0.3 is 9.84 Å².